The molecule has 1 unspecified atom stereocenters. The molecule has 0 aliphatic carbocycles. The first-order valence-electron chi connectivity index (χ1n) is 16.4. The molecule has 0 radical (unpaired) electrons. The molecule has 2 aromatic heterocycles. The predicted octanol–water partition coefficient (Wildman–Crippen LogP) is 5.03. The molecule has 258 valence electrons. The van der Waals surface area contributed by atoms with E-state index in [1.165, 1.54) is 17.0 Å². The Kier molecular flexibility index (Phi) is 11.3. The molecule has 0 bridgehead atoms. The third-order valence-electron chi connectivity index (χ3n) is 8.17. The molecule has 5 rings (SSSR count). The van der Waals surface area contributed by atoms with Crippen LogP contribution in [0.3, 0.4) is 0 Å². The number of carbonyl (C=O) groups excluding carboxylic acids is 2. The number of ether oxygens (including phenoxy) is 3. The largest absolute Gasteiger partial charge is 0.490 e. The molecule has 1 aromatic carbocycles. The van der Waals surface area contributed by atoms with Gasteiger partial charge in [0.15, 0.2) is 23.2 Å². The van der Waals surface area contributed by atoms with Crippen LogP contribution in [-0.2, 0) is 20.7 Å². The molecule has 3 aromatic rings. The van der Waals surface area contributed by atoms with Crippen molar-refractivity contribution in [3.8, 4) is 17.4 Å². The van der Waals surface area contributed by atoms with Crippen molar-refractivity contribution in [1.29, 1.82) is 0 Å². The molecular weight excluding hydrogens is 624 g/mol. The molecule has 1 N–H and O–H groups in total. The number of amides is 2. The number of carbonyl (C=O) groups is 2. The smallest absolute Gasteiger partial charge is 0.411 e. The van der Waals surface area contributed by atoms with E-state index < -0.39 is 29.4 Å². The number of morpholine rings is 1. The first kappa shape index (κ1) is 34.9. The number of unbranched alkanes of at least 4 members (excludes halogenated alkanes) is 3. The van der Waals surface area contributed by atoms with E-state index >= 15 is 0 Å². The second kappa shape index (κ2) is 15.6. The average Bonchev–Trinajstić information content (AvgIpc) is 3.07. The summed E-state index contributed by atoms with van der Waals surface area (Å²) in [6.07, 6.45) is 7.98. The molecule has 2 amide bonds. The Hall–Kier alpha value is -4.46. The number of hydrogen-bond acceptors (Lipinski definition) is 10. The van der Waals surface area contributed by atoms with Crippen molar-refractivity contribution in [2.45, 2.75) is 77.5 Å². The van der Waals surface area contributed by atoms with Crippen LogP contribution >= 0.6 is 0 Å². The van der Waals surface area contributed by atoms with Crippen molar-refractivity contribution < 1.29 is 32.6 Å². The maximum absolute atomic E-state index is 14.7. The fourth-order valence-electron chi connectivity index (χ4n) is 5.71. The number of anilines is 1. The molecule has 1 fully saturated rings. The summed E-state index contributed by atoms with van der Waals surface area (Å²) < 4.78 is 46.0. The second-order valence-electron chi connectivity index (χ2n) is 12.8. The standard InChI is InChI=1S/C34H43F2N7O5/c1-22-24-20-40-31(30-37-12-9-13-38-30)41-26(24)10-14-42(22)23-18-25(35)29(36)28(19-23)47-16-8-6-5-7-11-39-32(44)27-21-46-17-15-43(27)33(45)48-34(2,3)4/h9,12-13,18-20,22,27H,5-8,10-11,14-17,21H2,1-4H3,(H,39,44)/t22?,27-/m0/s1. The van der Waals surface area contributed by atoms with Crippen molar-refractivity contribution in [3.63, 3.8) is 0 Å². The van der Waals surface area contributed by atoms with Crippen LogP contribution in [0.15, 0.2) is 36.8 Å². The monoisotopic (exact) mass is 667 g/mol. The summed E-state index contributed by atoms with van der Waals surface area (Å²) in [7, 11) is 0. The topological polar surface area (TPSA) is 132 Å². The molecule has 2 atom stereocenters. The molecular formula is C34H43F2N7O5. The minimum Gasteiger partial charge on any atom is -0.490 e. The number of fused-ring (bicyclic) bond motifs is 1. The number of benzene rings is 1. The second-order valence-corrected chi connectivity index (χ2v) is 12.8. The van der Waals surface area contributed by atoms with E-state index in [1.54, 1.807) is 45.4 Å². The van der Waals surface area contributed by atoms with Gasteiger partial charge in [0.25, 0.3) is 0 Å². The Morgan fingerprint density at radius 2 is 1.81 bits per heavy atom. The minimum atomic E-state index is -1.02. The van der Waals surface area contributed by atoms with Crippen LogP contribution in [-0.4, -0.2) is 87.9 Å². The van der Waals surface area contributed by atoms with Crippen molar-refractivity contribution in [3.05, 3.63) is 59.7 Å². The highest BCUT2D eigenvalue weighted by molar-refractivity contribution is 5.86. The summed E-state index contributed by atoms with van der Waals surface area (Å²) in [5, 5.41) is 2.88. The van der Waals surface area contributed by atoms with Crippen LogP contribution in [0.4, 0.5) is 19.3 Å². The van der Waals surface area contributed by atoms with Gasteiger partial charge in [0.2, 0.25) is 11.7 Å². The van der Waals surface area contributed by atoms with Crippen LogP contribution in [0.5, 0.6) is 5.75 Å². The summed E-state index contributed by atoms with van der Waals surface area (Å²) in [6, 6.07) is 3.54. The lowest BCUT2D eigenvalue weighted by Crippen LogP contribution is -2.56. The zero-order chi connectivity index (χ0) is 34.3. The third kappa shape index (κ3) is 8.71. The molecule has 12 nitrogen and oxygen atoms in total. The van der Waals surface area contributed by atoms with E-state index in [4.69, 9.17) is 14.2 Å². The van der Waals surface area contributed by atoms with E-state index in [9.17, 15) is 18.4 Å². The fraction of sp³-hybridized carbons (Fsp3) is 0.529. The van der Waals surface area contributed by atoms with Gasteiger partial charge in [0, 0.05) is 68.0 Å². The summed E-state index contributed by atoms with van der Waals surface area (Å²) in [4.78, 5) is 46.3. The van der Waals surface area contributed by atoms with Crippen LogP contribution in [0.2, 0.25) is 0 Å². The van der Waals surface area contributed by atoms with Crippen LogP contribution < -0.4 is 15.0 Å². The van der Waals surface area contributed by atoms with Gasteiger partial charge in [-0.2, -0.15) is 4.39 Å². The molecule has 2 aliphatic heterocycles. The van der Waals surface area contributed by atoms with E-state index in [2.05, 4.69) is 25.3 Å². The van der Waals surface area contributed by atoms with Gasteiger partial charge in [-0.15, -0.1) is 0 Å². The fourth-order valence-corrected chi connectivity index (χ4v) is 5.71. The Morgan fingerprint density at radius 3 is 2.58 bits per heavy atom. The van der Waals surface area contributed by atoms with Gasteiger partial charge >= 0.3 is 6.09 Å². The molecule has 0 saturated carbocycles. The zero-order valence-corrected chi connectivity index (χ0v) is 27.9. The predicted molar refractivity (Wildman–Crippen MR) is 173 cm³/mol. The quantitative estimate of drug-likeness (QED) is 0.278. The molecule has 48 heavy (non-hydrogen) atoms. The molecule has 4 heterocycles. The van der Waals surface area contributed by atoms with Gasteiger partial charge < -0.3 is 24.4 Å². The van der Waals surface area contributed by atoms with E-state index in [1.807, 2.05) is 11.8 Å². The highest BCUT2D eigenvalue weighted by atomic mass is 19.2. The molecule has 0 spiro atoms. The number of hydrogen-bond donors (Lipinski definition) is 1. The van der Waals surface area contributed by atoms with E-state index in [0.717, 1.165) is 24.1 Å². The SMILES string of the molecule is CC1c2cnc(-c3ncccn3)nc2CCN1c1cc(F)c(F)c(OCCCCCCNC(=O)[C@@H]2COCCN2C(=O)OC(C)(C)C)c1. The normalized spacial score (nSPS) is 17.9. The van der Waals surface area contributed by atoms with E-state index in [0.29, 0.717) is 56.3 Å². The van der Waals surface area contributed by atoms with Gasteiger partial charge in [0.1, 0.15) is 11.6 Å². The summed E-state index contributed by atoms with van der Waals surface area (Å²) >= 11 is 0. The Balaban J connectivity index is 1.07. The highest BCUT2D eigenvalue weighted by Crippen LogP contribution is 2.36. The van der Waals surface area contributed by atoms with Crippen LogP contribution in [0.1, 0.15) is 70.7 Å². The lowest BCUT2D eigenvalue weighted by molar-refractivity contribution is -0.132. The van der Waals surface area contributed by atoms with Crippen LogP contribution in [0, 0.1) is 11.6 Å². The summed E-state index contributed by atoms with van der Waals surface area (Å²) in [5.41, 5.74) is 1.63. The van der Waals surface area contributed by atoms with Gasteiger partial charge in [-0.05, 0) is 46.6 Å². The first-order chi connectivity index (χ1) is 23.0. The van der Waals surface area contributed by atoms with Gasteiger partial charge in [-0.25, -0.2) is 29.1 Å². The maximum atomic E-state index is 14.7. The van der Waals surface area contributed by atoms with Gasteiger partial charge in [0.05, 0.1) is 31.6 Å². The van der Waals surface area contributed by atoms with Crippen molar-refractivity contribution in [2.75, 3.05) is 44.4 Å². The Labute approximate surface area is 279 Å². The number of halogens is 2. The minimum absolute atomic E-state index is 0.116. The number of rotatable bonds is 11. The molecule has 2 aliphatic rings. The summed E-state index contributed by atoms with van der Waals surface area (Å²) in [6.45, 7) is 9.26. The lowest BCUT2D eigenvalue weighted by atomic mass is 9.98. The molecule has 14 heteroatoms. The number of nitrogens with one attached hydrogen (secondary N) is 1. The van der Waals surface area contributed by atoms with Crippen molar-refractivity contribution in [1.82, 2.24) is 30.2 Å². The van der Waals surface area contributed by atoms with Gasteiger partial charge in [-0.1, -0.05) is 12.8 Å². The average molecular weight is 668 g/mol. The molecule has 1 saturated heterocycles. The third-order valence-corrected chi connectivity index (χ3v) is 8.17. The zero-order valence-electron chi connectivity index (χ0n) is 27.9. The van der Waals surface area contributed by atoms with Crippen molar-refractivity contribution in [2.24, 2.45) is 0 Å². The summed E-state index contributed by atoms with van der Waals surface area (Å²) in [5.74, 6) is -1.52. The van der Waals surface area contributed by atoms with Gasteiger partial charge in [-0.3, -0.25) is 9.69 Å². The highest BCUT2D eigenvalue weighted by Gasteiger charge is 2.35. The number of aromatic nitrogens is 4. The maximum Gasteiger partial charge on any atom is 0.411 e. The van der Waals surface area contributed by atoms with Crippen molar-refractivity contribution >= 4 is 17.7 Å². The van der Waals surface area contributed by atoms with Crippen LogP contribution in [0.25, 0.3) is 11.6 Å². The van der Waals surface area contributed by atoms with E-state index in [-0.39, 0.29) is 37.5 Å². The Bertz CT molecular complexity index is 1570. The number of nitrogens with zero attached hydrogens (tertiary/aromatic N) is 6. The Morgan fingerprint density at radius 1 is 1.04 bits per heavy atom. The first-order valence-corrected chi connectivity index (χ1v) is 16.4. The lowest BCUT2D eigenvalue weighted by Gasteiger charge is -2.36.